The zero-order chi connectivity index (χ0) is 35.8. The molecule has 1 fully saturated rings. The Kier molecular flexibility index (Phi) is 9.22. The van der Waals surface area contributed by atoms with Crippen molar-refractivity contribution in [3.63, 3.8) is 0 Å². The zero-order valence-electron chi connectivity index (χ0n) is 26.6. The molecule has 0 aliphatic carbocycles. The van der Waals surface area contributed by atoms with Gasteiger partial charge in [0.25, 0.3) is 17.7 Å². The Balaban J connectivity index is 1.32. The highest BCUT2D eigenvalue weighted by molar-refractivity contribution is 6.04. The molecule has 6 rings (SSSR count). The number of fused-ring (bicyclic) bond motifs is 1. The van der Waals surface area contributed by atoms with Crippen LogP contribution in [0.2, 0.25) is 0 Å². The number of anilines is 1. The molecule has 0 saturated carbocycles. The van der Waals surface area contributed by atoms with Gasteiger partial charge in [0.15, 0.2) is 0 Å². The number of nitrogens with one attached hydrogen (secondary N) is 2. The molecule has 2 N–H and O–H groups in total. The highest BCUT2D eigenvalue weighted by Gasteiger charge is 2.45. The van der Waals surface area contributed by atoms with E-state index < -0.39 is 66.4 Å². The van der Waals surface area contributed by atoms with Crippen molar-refractivity contribution in [3.8, 4) is 5.69 Å². The standard InChI is InChI=1S/C34H31F5N8O3/c1-3-46-31-24(16-42-47(31)23-10-5-4-6-11-23)26(27(32(46)50)44-30(49)28-40-13-12-25(43-28)34(37,38)39)22-9-7-8-21(14-22)15-41-29(48)20(2)17-45-18-33(35,36)19-45/h4-14,16,26-27H,2-3,15,17-19H2,1H3,(H,41,48)(H,44,49)/t26-,27+/m1/s1. The monoisotopic (exact) mass is 694 g/mol. The molecule has 2 aliphatic heterocycles. The van der Waals surface area contributed by atoms with Crippen molar-refractivity contribution >= 4 is 23.5 Å². The Labute approximate surface area is 282 Å². The fourth-order valence-corrected chi connectivity index (χ4v) is 6.12. The highest BCUT2D eigenvalue weighted by atomic mass is 19.4. The van der Waals surface area contributed by atoms with Crippen molar-refractivity contribution in [2.45, 2.75) is 37.5 Å². The summed E-state index contributed by atoms with van der Waals surface area (Å²) < 4.78 is 68.2. The lowest BCUT2D eigenvalue weighted by atomic mass is 9.82. The van der Waals surface area contributed by atoms with Crippen molar-refractivity contribution in [2.75, 3.05) is 31.1 Å². The zero-order valence-corrected chi connectivity index (χ0v) is 26.6. The van der Waals surface area contributed by atoms with Crippen LogP contribution in [0.15, 0.2) is 85.2 Å². The number of rotatable bonds is 10. The minimum absolute atomic E-state index is 0.00920. The Morgan fingerprint density at radius 3 is 2.48 bits per heavy atom. The summed E-state index contributed by atoms with van der Waals surface area (Å²) in [4.78, 5) is 50.3. The second-order valence-corrected chi connectivity index (χ2v) is 12.0. The van der Waals surface area contributed by atoms with Gasteiger partial charge in [-0.05, 0) is 36.2 Å². The maximum atomic E-state index is 14.2. The maximum Gasteiger partial charge on any atom is 0.433 e. The quantitative estimate of drug-likeness (QED) is 0.189. The van der Waals surface area contributed by atoms with E-state index in [1.54, 1.807) is 42.1 Å². The average Bonchev–Trinajstić information content (AvgIpc) is 3.51. The van der Waals surface area contributed by atoms with Crippen LogP contribution in [0.1, 0.15) is 45.8 Å². The van der Waals surface area contributed by atoms with Crippen LogP contribution in [-0.4, -0.2) is 80.5 Å². The number of halogens is 5. The number of nitrogens with zero attached hydrogens (tertiary/aromatic N) is 6. The number of aromatic nitrogens is 4. The van der Waals surface area contributed by atoms with Gasteiger partial charge in [-0.25, -0.2) is 23.4 Å². The summed E-state index contributed by atoms with van der Waals surface area (Å²) in [5.41, 5.74) is 1.15. The lowest BCUT2D eigenvalue weighted by Gasteiger charge is -2.38. The van der Waals surface area contributed by atoms with Crippen LogP contribution in [0.4, 0.5) is 27.8 Å². The van der Waals surface area contributed by atoms with Crippen LogP contribution in [-0.2, 0) is 22.3 Å². The number of hydrogen-bond donors (Lipinski definition) is 2. The molecule has 11 nitrogen and oxygen atoms in total. The lowest BCUT2D eigenvalue weighted by Crippen LogP contribution is -2.56. The second-order valence-electron chi connectivity index (χ2n) is 12.0. The molecule has 2 aromatic carbocycles. The molecule has 2 atom stereocenters. The molecule has 1 saturated heterocycles. The van der Waals surface area contributed by atoms with Crippen molar-refractivity contribution in [1.82, 2.24) is 35.3 Å². The van der Waals surface area contributed by atoms with Gasteiger partial charge in [0.05, 0.1) is 25.0 Å². The fraction of sp³-hybridized carbons (Fsp3) is 0.294. The van der Waals surface area contributed by atoms with Crippen molar-refractivity contribution in [2.24, 2.45) is 0 Å². The highest BCUT2D eigenvalue weighted by Crippen LogP contribution is 2.41. The minimum Gasteiger partial charge on any atom is -0.348 e. The van der Waals surface area contributed by atoms with E-state index in [0.717, 1.165) is 6.20 Å². The molecule has 2 aromatic heterocycles. The number of benzene rings is 2. The summed E-state index contributed by atoms with van der Waals surface area (Å²) in [6, 6.07) is 15.3. The number of carbonyl (C=O) groups is 3. The molecule has 260 valence electrons. The second kappa shape index (κ2) is 13.4. The predicted octanol–water partition coefficient (Wildman–Crippen LogP) is 4.10. The topological polar surface area (TPSA) is 125 Å². The average molecular weight is 695 g/mol. The summed E-state index contributed by atoms with van der Waals surface area (Å²) >= 11 is 0. The maximum absolute atomic E-state index is 14.2. The number of likely N-dealkylation sites (tertiary alicyclic amines) is 1. The third-order valence-electron chi connectivity index (χ3n) is 8.39. The molecule has 16 heteroatoms. The van der Waals surface area contributed by atoms with E-state index in [2.05, 4.69) is 32.3 Å². The SMILES string of the molecule is C=C(CN1CC(F)(F)C1)C(=O)NCc1cccc([C@@H]2c3cnn(-c4ccccc4)c3N(CC)C(=O)[C@H]2NC(=O)c2nccc(C(F)(F)F)n2)c1. The van der Waals surface area contributed by atoms with Gasteiger partial charge in [0.2, 0.25) is 11.7 Å². The van der Waals surface area contributed by atoms with Crippen molar-refractivity contribution < 1.29 is 36.3 Å². The van der Waals surface area contributed by atoms with Gasteiger partial charge in [-0.2, -0.15) is 18.3 Å². The van der Waals surface area contributed by atoms with Crippen LogP contribution < -0.4 is 15.5 Å². The van der Waals surface area contributed by atoms with Gasteiger partial charge in [-0.1, -0.05) is 49.0 Å². The van der Waals surface area contributed by atoms with Gasteiger partial charge in [-0.15, -0.1) is 0 Å². The van der Waals surface area contributed by atoms with Crippen LogP contribution in [0.25, 0.3) is 5.69 Å². The first-order valence-electron chi connectivity index (χ1n) is 15.6. The number of hydrogen-bond acceptors (Lipinski definition) is 7. The predicted molar refractivity (Wildman–Crippen MR) is 171 cm³/mol. The molecule has 0 spiro atoms. The molecular weight excluding hydrogens is 663 g/mol. The number of amides is 3. The Morgan fingerprint density at radius 1 is 1.06 bits per heavy atom. The Morgan fingerprint density at radius 2 is 1.80 bits per heavy atom. The molecule has 3 amide bonds. The summed E-state index contributed by atoms with van der Waals surface area (Å²) in [5, 5.41) is 9.90. The minimum atomic E-state index is -4.83. The molecule has 2 aliphatic rings. The van der Waals surface area contributed by atoms with Gasteiger partial charge in [0, 0.05) is 42.9 Å². The van der Waals surface area contributed by atoms with E-state index in [1.165, 1.54) is 9.80 Å². The first-order valence-corrected chi connectivity index (χ1v) is 15.6. The van der Waals surface area contributed by atoms with E-state index in [-0.39, 0.29) is 25.2 Å². The summed E-state index contributed by atoms with van der Waals surface area (Å²) in [5.74, 6) is -6.13. The molecule has 0 radical (unpaired) electrons. The summed E-state index contributed by atoms with van der Waals surface area (Å²) in [6.07, 6.45) is -2.44. The molecule has 0 unspecified atom stereocenters. The summed E-state index contributed by atoms with van der Waals surface area (Å²) in [7, 11) is 0. The third kappa shape index (κ3) is 6.96. The van der Waals surface area contributed by atoms with Crippen molar-refractivity contribution in [1.29, 1.82) is 0 Å². The Bertz CT molecular complexity index is 1940. The van der Waals surface area contributed by atoms with Gasteiger partial charge in [-0.3, -0.25) is 24.2 Å². The van der Waals surface area contributed by atoms with Gasteiger partial charge in [0.1, 0.15) is 17.6 Å². The molecule has 4 heterocycles. The van der Waals surface area contributed by atoms with E-state index >= 15 is 0 Å². The van der Waals surface area contributed by atoms with E-state index in [0.29, 0.717) is 34.3 Å². The van der Waals surface area contributed by atoms with E-state index in [1.807, 2.05) is 30.3 Å². The Hall–Kier alpha value is -5.51. The van der Waals surface area contributed by atoms with E-state index in [4.69, 9.17) is 0 Å². The van der Waals surface area contributed by atoms with Gasteiger partial charge >= 0.3 is 6.18 Å². The number of alkyl halides is 5. The van der Waals surface area contributed by atoms with Crippen LogP contribution in [0, 0.1) is 0 Å². The lowest BCUT2D eigenvalue weighted by molar-refractivity contribution is -0.141. The third-order valence-corrected chi connectivity index (χ3v) is 8.39. The van der Waals surface area contributed by atoms with Crippen molar-refractivity contribution in [3.05, 3.63) is 113 Å². The van der Waals surface area contributed by atoms with E-state index in [9.17, 15) is 36.3 Å². The number of para-hydroxylation sites is 1. The van der Waals surface area contributed by atoms with Crippen LogP contribution >= 0.6 is 0 Å². The number of likely N-dealkylation sites (N-methyl/N-ethyl adjacent to an activating group) is 1. The molecular formula is C34H31F5N8O3. The fourth-order valence-electron chi connectivity index (χ4n) is 6.12. The largest absolute Gasteiger partial charge is 0.433 e. The molecule has 50 heavy (non-hydrogen) atoms. The number of carbonyl (C=O) groups excluding carboxylic acids is 3. The summed E-state index contributed by atoms with van der Waals surface area (Å²) in [6.45, 7) is 4.76. The first kappa shape index (κ1) is 34.4. The van der Waals surface area contributed by atoms with Crippen LogP contribution in [0.5, 0.6) is 0 Å². The normalized spacial score (nSPS) is 18.6. The first-order chi connectivity index (χ1) is 23.8. The van der Waals surface area contributed by atoms with Gasteiger partial charge < -0.3 is 10.6 Å². The molecule has 4 aromatic rings. The molecule has 0 bridgehead atoms. The smallest absolute Gasteiger partial charge is 0.348 e. The van der Waals surface area contributed by atoms with Crippen LogP contribution in [0.3, 0.4) is 0 Å².